The molecular formula is C14H14N2O3. The van der Waals surface area contributed by atoms with Crippen LogP contribution in [0.25, 0.3) is 5.69 Å². The van der Waals surface area contributed by atoms with Gasteiger partial charge < -0.3 is 9.30 Å². The summed E-state index contributed by atoms with van der Waals surface area (Å²) in [6.45, 7) is 1.99. The second-order valence-corrected chi connectivity index (χ2v) is 3.93. The van der Waals surface area contributed by atoms with Crippen molar-refractivity contribution in [1.29, 1.82) is 0 Å². The average molecular weight is 258 g/mol. The van der Waals surface area contributed by atoms with Crippen LogP contribution in [0.2, 0.25) is 0 Å². The van der Waals surface area contributed by atoms with Crippen molar-refractivity contribution in [3.05, 3.63) is 48.5 Å². The van der Waals surface area contributed by atoms with Crippen LogP contribution in [-0.4, -0.2) is 27.9 Å². The number of hydrogen-bond donors (Lipinski definition) is 0. The Morgan fingerprint density at radius 1 is 1.37 bits per heavy atom. The van der Waals surface area contributed by atoms with Gasteiger partial charge in [0.2, 0.25) is 0 Å². The summed E-state index contributed by atoms with van der Waals surface area (Å²) in [7, 11) is 0. The predicted octanol–water partition coefficient (Wildman–Crippen LogP) is 2.01. The maximum atomic E-state index is 11.9. The van der Waals surface area contributed by atoms with Gasteiger partial charge in [-0.05, 0) is 19.1 Å². The lowest BCUT2D eigenvalue weighted by atomic mass is 10.1. The fraction of sp³-hybridized carbons (Fsp3) is 0.214. The maximum Gasteiger partial charge on any atom is 0.313 e. The number of ether oxygens (including phenoxy) is 1. The lowest BCUT2D eigenvalue weighted by molar-refractivity contribution is -0.141. The van der Waals surface area contributed by atoms with Gasteiger partial charge in [0.05, 0.1) is 12.9 Å². The summed E-state index contributed by atoms with van der Waals surface area (Å²) in [5, 5.41) is 0. The van der Waals surface area contributed by atoms with E-state index in [4.69, 9.17) is 4.74 Å². The number of Topliss-reactive ketones (excluding diaryl/α,β-unsaturated/α-hetero) is 1. The molecule has 0 aliphatic carbocycles. The van der Waals surface area contributed by atoms with Crippen LogP contribution >= 0.6 is 0 Å². The van der Waals surface area contributed by atoms with Crippen molar-refractivity contribution in [3.8, 4) is 5.69 Å². The first-order valence-electron chi connectivity index (χ1n) is 5.98. The lowest BCUT2D eigenvalue weighted by Gasteiger charge is -2.05. The third-order valence-electron chi connectivity index (χ3n) is 2.58. The third kappa shape index (κ3) is 3.28. The molecule has 0 aliphatic heterocycles. The molecule has 0 aliphatic rings. The summed E-state index contributed by atoms with van der Waals surface area (Å²) in [6.07, 6.45) is 4.86. The Kier molecular flexibility index (Phi) is 4.07. The van der Waals surface area contributed by atoms with Crippen molar-refractivity contribution in [2.24, 2.45) is 0 Å². The van der Waals surface area contributed by atoms with Crippen LogP contribution in [-0.2, 0) is 9.53 Å². The number of nitrogens with zero attached hydrogens (tertiary/aromatic N) is 2. The van der Waals surface area contributed by atoms with Gasteiger partial charge in [0.25, 0.3) is 0 Å². The van der Waals surface area contributed by atoms with Gasteiger partial charge in [-0.1, -0.05) is 12.1 Å². The number of esters is 1. The number of ketones is 1. The van der Waals surface area contributed by atoms with Crippen LogP contribution in [0.15, 0.2) is 43.0 Å². The van der Waals surface area contributed by atoms with Crippen molar-refractivity contribution in [2.75, 3.05) is 6.61 Å². The standard InChI is InChI=1S/C14H14N2O3/c1-2-19-14(18)9-13(17)11-4-3-5-12(8-11)16-7-6-15-10-16/h3-8,10H,2,9H2,1H3. The van der Waals surface area contributed by atoms with Crippen molar-refractivity contribution in [3.63, 3.8) is 0 Å². The summed E-state index contributed by atoms with van der Waals surface area (Å²) >= 11 is 0. The molecule has 0 fully saturated rings. The molecule has 1 aromatic heterocycles. The molecule has 0 atom stereocenters. The molecule has 2 rings (SSSR count). The Bertz CT molecular complexity index is 576. The van der Waals surface area contributed by atoms with Gasteiger partial charge in [0.1, 0.15) is 6.42 Å². The number of benzene rings is 1. The van der Waals surface area contributed by atoms with Gasteiger partial charge >= 0.3 is 5.97 Å². The Hall–Kier alpha value is -2.43. The molecule has 0 unspecified atom stereocenters. The van der Waals surface area contributed by atoms with Crippen molar-refractivity contribution < 1.29 is 14.3 Å². The third-order valence-corrected chi connectivity index (χ3v) is 2.58. The molecule has 0 spiro atoms. The number of aromatic nitrogens is 2. The van der Waals surface area contributed by atoms with E-state index in [1.807, 2.05) is 6.07 Å². The smallest absolute Gasteiger partial charge is 0.313 e. The average Bonchev–Trinajstić information content (AvgIpc) is 2.93. The Balaban J connectivity index is 2.15. The summed E-state index contributed by atoms with van der Waals surface area (Å²) in [5.74, 6) is -0.749. The van der Waals surface area contributed by atoms with E-state index in [-0.39, 0.29) is 18.8 Å². The van der Waals surface area contributed by atoms with Crippen LogP contribution < -0.4 is 0 Å². The van der Waals surface area contributed by atoms with Gasteiger partial charge in [-0.15, -0.1) is 0 Å². The molecular weight excluding hydrogens is 244 g/mol. The molecule has 1 heterocycles. The molecule has 98 valence electrons. The number of rotatable bonds is 5. The minimum absolute atomic E-state index is 0.235. The quantitative estimate of drug-likeness (QED) is 0.467. The van der Waals surface area contributed by atoms with E-state index < -0.39 is 5.97 Å². The first-order chi connectivity index (χ1) is 9.20. The van der Waals surface area contributed by atoms with Crippen LogP contribution in [0.3, 0.4) is 0 Å². The topological polar surface area (TPSA) is 61.2 Å². The zero-order valence-electron chi connectivity index (χ0n) is 10.6. The van der Waals surface area contributed by atoms with Crippen molar-refractivity contribution in [1.82, 2.24) is 9.55 Å². The summed E-state index contributed by atoms with van der Waals surface area (Å²) in [4.78, 5) is 27.2. The summed E-state index contributed by atoms with van der Waals surface area (Å²) in [5.41, 5.74) is 1.31. The number of carbonyl (C=O) groups is 2. The molecule has 0 N–H and O–H groups in total. The van der Waals surface area contributed by atoms with Crippen LogP contribution in [0.1, 0.15) is 23.7 Å². The maximum absolute atomic E-state index is 11.9. The van der Waals surface area contributed by atoms with Crippen LogP contribution in [0.4, 0.5) is 0 Å². The van der Waals surface area contributed by atoms with E-state index in [9.17, 15) is 9.59 Å². The normalized spacial score (nSPS) is 10.2. The van der Waals surface area contributed by atoms with Gasteiger partial charge in [0, 0.05) is 23.6 Å². The summed E-state index contributed by atoms with van der Waals surface area (Å²) < 4.78 is 6.55. The molecule has 1 aromatic carbocycles. The second kappa shape index (κ2) is 5.95. The molecule has 2 aromatic rings. The molecule has 19 heavy (non-hydrogen) atoms. The molecule has 0 bridgehead atoms. The molecule has 5 nitrogen and oxygen atoms in total. The zero-order chi connectivity index (χ0) is 13.7. The van der Waals surface area contributed by atoms with Crippen LogP contribution in [0.5, 0.6) is 0 Å². The Morgan fingerprint density at radius 3 is 2.89 bits per heavy atom. The molecule has 0 saturated carbocycles. The van der Waals surface area contributed by atoms with Gasteiger partial charge in [0.15, 0.2) is 5.78 Å². The lowest BCUT2D eigenvalue weighted by Crippen LogP contribution is -2.11. The summed E-state index contributed by atoms with van der Waals surface area (Å²) in [6, 6.07) is 7.04. The fourth-order valence-electron chi connectivity index (χ4n) is 1.70. The van der Waals surface area contributed by atoms with E-state index in [1.165, 1.54) is 0 Å². The van der Waals surface area contributed by atoms with Crippen LogP contribution in [0, 0.1) is 0 Å². The largest absolute Gasteiger partial charge is 0.466 e. The zero-order valence-corrected chi connectivity index (χ0v) is 10.6. The molecule has 0 amide bonds. The van der Waals surface area contributed by atoms with E-state index >= 15 is 0 Å². The minimum atomic E-state index is -0.500. The highest BCUT2D eigenvalue weighted by atomic mass is 16.5. The number of hydrogen-bond acceptors (Lipinski definition) is 4. The SMILES string of the molecule is CCOC(=O)CC(=O)c1cccc(-n2ccnc2)c1. The molecule has 5 heteroatoms. The van der Waals surface area contributed by atoms with Crippen molar-refractivity contribution in [2.45, 2.75) is 13.3 Å². The highest BCUT2D eigenvalue weighted by Gasteiger charge is 2.13. The van der Waals surface area contributed by atoms with E-state index in [0.29, 0.717) is 5.56 Å². The second-order valence-electron chi connectivity index (χ2n) is 3.93. The van der Waals surface area contributed by atoms with Crippen molar-refractivity contribution >= 4 is 11.8 Å². The molecule has 0 saturated heterocycles. The highest BCUT2D eigenvalue weighted by molar-refractivity contribution is 6.06. The van der Waals surface area contributed by atoms with E-state index in [0.717, 1.165) is 5.69 Å². The fourth-order valence-corrected chi connectivity index (χ4v) is 1.70. The van der Waals surface area contributed by atoms with Gasteiger partial charge in [-0.2, -0.15) is 0 Å². The minimum Gasteiger partial charge on any atom is -0.466 e. The first-order valence-corrected chi connectivity index (χ1v) is 5.98. The van der Waals surface area contributed by atoms with Gasteiger partial charge in [-0.3, -0.25) is 9.59 Å². The van der Waals surface area contributed by atoms with E-state index in [1.54, 1.807) is 48.4 Å². The number of carbonyl (C=O) groups excluding carboxylic acids is 2. The first kappa shape index (κ1) is 13.0. The van der Waals surface area contributed by atoms with E-state index in [2.05, 4.69) is 4.98 Å². The highest BCUT2D eigenvalue weighted by Crippen LogP contribution is 2.12. The van der Waals surface area contributed by atoms with Gasteiger partial charge in [-0.25, -0.2) is 4.98 Å². The predicted molar refractivity (Wildman–Crippen MR) is 69.1 cm³/mol. The molecule has 0 radical (unpaired) electrons. The Morgan fingerprint density at radius 2 is 2.21 bits per heavy atom. The monoisotopic (exact) mass is 258 g/mol. The Labute approximate surface area is 110 Å². The number of imidazole rings is 1.